The smallest absolute Gasteiger partial charge is 0.274 e. The van der Waals surface area contributed by atoms with Crippen molar-refractivity contribution in [2.75, 3.05) is 18.4 Å². The predicted molar refractivity (Wildman–Crippen MR) is 109 cm³/mol. The summed E-state index contributed by atoms with van der Waals surface area (Å²) in [5, 5.41) is 8.34. The lowest BCUT2D eigenvalue weighted by Crippen LogP contribution is -2.14. The number of amides is 1. The molecule has 0 aliphatic carbocycles. The van der Waals surface area contributed by atoms with Gasteiger partial charge in [-0.3, -0.25) is 4.79 Å². The molecule has 2 heterocycles. The molecular weight excluding hydrogens is 369 g/mol. The Kier molecular flexibility index (Phi) is 5.77. The SMILES string of the molecule is Cl.O=C(Nc1ccc(C2CCNC2)cc1)c1cc2ccccc2c(Cl)n1. The van der Waals surface area contributed by atoms with E-state index in [0.29, 0.717) is 16.8 Å². The van der Waals surface area contributed by atoms with Crippen molar-refractivity contribution in [3.63, 3.8) is 0 Å². The van der Waals surface area contributed by atoms with E-state index in [4.69, 9.17) is 11.6 Å². The van der Waals surface area contributed by atoms with E-state index < -0.39 is 0 Å². The van der Waals surface area contributed by atoms with Crippen LogP contribution in [0.4, 0.5) is 5.69 Å². The minimum Gasteiger partial charge on any atom is -0.321 e. The van der Waals surface area contributed by atoms with Gasteiger partial charge in [-0.2, -0.15) is 0 Å². The summed E-state index contributed by atoms with van der Waals surface area (Å²) in [7, 11) is 0. The molecule has 0 radical (unpaired) electrons. The monoisotopic (exact) mass is 387 g/mol. The molecule has 1 saturated heterocycles. The van der Waals surface area contributed by atoms with Gasteiger partial charge in [0.25, 0.3) is 5.91 Å². The van der Waals surface area contributed by atoms with Crippen molar-refractivity contribution >= 4 is 46.4 Å². The Labute approximate surface area is 163 Å². The van der Waals surface area contributed by atoms with Gasteiger partial charge < -0.3 is 10.6 Å². The minimum atomic E-state index is -0.261. The number of halogens is 2. The van der Waals surface area contributed by atoms with Gasteiger partial charge >= 0.3 is 0 Å². The van der Waals surface area contributed by atoms with Crippen LogP contribution < -0.4 is 10.6 Å². The van der Waals surface area contributed by atoms with E-state index in [-0.39, 0.29) is 18.3 Å². The van der Waals surface area contributed by atoms with Crippen LogP contribution in [0, 0.1) is 0 Å². The number of hydrogen-bond acceptors (Lipinski definition) is 3. The van der Waals surface area contributed by atoms with Crippen molar-refractivity contribution in [1.29, 1.82) is 0 Å². The zero-order valence-electron chi connectivity index (χ0n) is 14.0. The van der Waals surface area contributed by atoms with Gasteiger partial charge in [0, 0.05) is 17.6 Å². The lowest BCUT2D eigenvalue weighted by Gasteiger charge is -2.11. The number of benzene rings is 2. The highest BCUT2D eigenvalue weighted by atomic mass is 35.5. The first-order valence-corrected chi connectivity index (χ1v) is 8.76. The topological polar surface area (TPSA) is 54.0 Å². The number of carbonyl (C=O) groups excluding carboxylic acids is 1. The maximum absolute atomic E-state index is 12.5. The molecule has 1 aliphatic rings. The van der Waals surface area contributed by atoms with Crippen LogP contribution >= 0.6 is 24.0 Å². The number of nitrogens with one attached hydrogen (secondary N) is 2. The maximum Gasteiger partial charge on any atom is 0.274 e. The molecule has 26 heavy (non-hydrogen) atoms. The van der Waals surface area contributed by atoms with Crippen molar-refractivity contribution in [2.24, 2.45) is 0 Å². The molecular formula is C20H19Cl2N3O. The van der Waals surface area contributed by atoms with Gasteiger partial charge in [0.1, 0.15) is 10.8 Å². The second kappa shape index (κ2) is 8.04. The highest BCUT2D eigenvalue weighted by Crippen LogP contribution is 2.25. The lowest BCUT2D eigenvalue weighted by atomic mass is 9.98. The Balaban J connectivity index is 0.00000196. The number of aromatic nitrogens is 1. The standard InChI is InChI=1S/C20H18ClN3O.ClH/c21-19-17-4-2-1-3-14(17)11-18(24-19)20(25)23-16-7-5-13(6-8-16)15-9-10-22-12-15;/h1-8,11,15,22H,9-10,12H2,(H,23,25);1H. The van der Waals surface area contributed by atoms with Crippen LogP contribution in [0.3, 0.4) is 0 Å². The highest BCUT2D eigenvalue weighted by Gasteiger charge is 2.16. The van der Waals surface area contributed by atoms with Crippen molar-refractivity contribution < 1.29 is 4.79 Å². The molecule has 0 spiro atoms. The first-order chi connectivity index (χ1) is 12.2. The first kappa shape index (κ1) is 18.6. The number of rotatable bonds is 3. The molecule has 1 aliphatic heterocycles. The van der Waals surface area contributed by atoms with Crippen molar-refractivity contribution in [2.45, 2.75) is 12.3 Å². The Morgan fingerprint density at radius 3 is 2.65 bits per heavy atom. The van der Waals surface area contributed by atoms with Gasteiger partial charge in [0.15, 0.2) is 0 Å². The molecule has 4 nitrogen and oxygen atoms in total. The Morgan fingerprint density at radius 1 is 1.15 bits per heavy atom. The summed E-state index contributed by atoms with van der Waals surface area (Å²) < 4.78 is 0. The Bertz CT molecular complexity index is 922. The molecule has 1 amide bonds. The van der Waals surface area contributed by atoms with E-state index in [1.54, 1.807) is 6.07 Å². The van der Waals surface area contributed by atoms with Gasteiger partial charge in [0.2, 0.25) is 0 Å². The molecule has 3 aromatic rings. The summed E-state index contributed by atoms with van der Waals surface area (Å²) in [5.74, 6) is 0.300. The Morgan fingerprint density at radius 2 is 1.92 bits per heavy atom. The number of hydrogen-bond donors (Lipinski definition) is 2. The fraction of sp³-hybridized carbons (Fsp3) is 0.200. The van der Waals surface area contributed by atoms with Crippen molar-refractivity contribution in [3.8, 4) is 0 Å². The minimum absolute atomic E-state index is 0. The van der Waals surface area contributed by atoms with Gasteiger partial charge in [-0.05, 0) is 48.0 Å². The summed E-state index contributed by atoms with van der Waals surface area (Å²) >= 11 is 6.21. The fourth-order valence-electron chi connectivity index (χ4n) is 3.25. The van der Waals surface area contributed by atoms with Crippen molar-refractivity contribution in [3.05, 3.63) is 71.0 Å². The molecule has 134 valence electrons. The molecule has 2 N–H and O–H groups in total. The second-order valence-corrected chi connectivity index (χ2v) is 6.64. The average Bonchev–Trinajstić information content (AvgIpc) is 3.17. The normalized spacial score (nSPS) is 16.3. The summed E-state index contributed by atoms with van der Waals surface area (Å²) in [6.07, 6.45) is 1.16. The van der Waals surface area contributed by atoms with E-state index in [0.717, 1.165) is 36.0 Å². The predicted octanol–water partition coefficient (Wildman–Crippen LogP) is 4.64. The van der Waals surface area contributed by atoms with Crippen LogP contribution in [0.15, 0.2) is 54.6 Å². The molecule has 2 aromatic carbocycles. The number of pyridine rings is 1. The van der Waals surface area contributed by atoms with E-state index in [9.17, 15) is 4.79 Å². The van der Waals surface area contributed by atoms with Crippen LogP contribution in [0.1, 0.15) is 28.4 Å². The van der Waals surface area contributed by atoms with Crippen LogP contribution in [0.25, 0.3) is 10.8 Å². The molecule has 1 aromatic heterocycles. The van der Waals surface area contributed by atoms with Gasteiger partial charge in [-0.15, -0.1) is 12.4 Å². The van der Waals surface area contributed by atoms with Gasteiger partial charge in [-0.25, -0.2) is 4.98 Å². The zero-order chi connectivity index (χ0) is 17.2. The zero-order valence-corrected chi connectivity index (χ0v) is 15.6. The molecule has 0 bridgehead atoms. The number of anilines is 1. The molecule has 4 rings (SSSR count). The van der Waals surface area contributed by atoms with Crippen LogP contribution in [-0.4, -0.2) is 24.0 Å². The highest BCUT2D eigenvalue weighted by molar-refractivity contribution is 6.34. The lowest BCUT2D eigenvalue weighted by molar-refractivity contribution is 0.102. The third-order valence-corrected chi connectivity index (χ3v) is 4.91. The Hall–Kier alpha value is -2.14. The number of nitrogens with zero attached hydrogens (tertiary/aromatic N) is 1. The molecule has 1 fully saturated rings. The van der Waals surface area contributed by atoms with Crippen LogP contribution in [0.5, 0.6) is 0 Å². The summed E-state index contributed by atoms with van der Waals surface area (Å²) in [5.41, 5.74) is 2.37. The van der Waals surface area contributed by atoms with E-state index in [1.165, 1.54) is 5.56 Å². The average molecular weight is 388 g/mol. The maximum atomic E-state index is 12.5. The van der Waals surface area contributed by atoms with Crippen LogP contribution in [0.2, 0.25) is 5.15 Å². The third-order valence-electron chi connectivity index (χ3n) is 4.63. The fourth-order valence-corrected chi connectivity index (χ4v) is 3.51. The summed E-state index contributed by atoms with van der Waals surface area (Å²) in [6.45, 7) is 2.09. The molecule has 6 heteroatoms. The summed E-state index contributed by atoms with van der Waals surface area (Å²) in [4.78, 5) is 16.7. The number of fused-ring (bicyclic) bond motifs is 1. The second-order valence-electron chi connectivity index (χ2n) is 6.29. The van der Waals surface area contributed by atoms with Gasteiger partial charge in [-0.1, -0.05) is 48.0 Å². The molecule has 0 saturated carbocycles. The molecule has 1 atom stereocenters. The molecule has 1 unspecified atom stereocenters. The van der Waals surface area contributed by atoms with Crippen molar-refractivity contribution in [1.82, 2.24) is 10.3 Å². The van der Waals surface area contributed by atoms with Gasteiger partial charge in [0.05, 0.1) is 0 Å². The van der Waals surface area contributed by atoms with E-state index >= 15 is 0 Å². The summed E-state index contributed by atoms with van der Waals surface area (Å²) in [6, 6.07) is 17.4. The van der Waals surface area contributed by atoms with E-state index in [1.807, 2.05) is 36.4 Å². The number of carbonyl (C=O) groups is 1. The largest absolute Gasteiger partial charge is 0.321 e. The third kappa shape index (κ3) is 3.83. The quantitative estimate of drug-likeness (QED) is 0.643. The van der Waals surface area contributed by atoms with Crippen LogP contribution in [-0.2, 0) is 0 Å². The van der Waals surface area contributed by atoms with E-state index in [2.05, 4.69) is 27.8 Å². The first-order valence-electron chi connectivity index (χ1n) is 8.38.